The Hall–Kier alpha value is -1.17. The smallest absolute Gasteiger partial charge is 0.123 e. The lowest BCUT2D eigenvalue weighted by molar-refractivity contribution is 0.187. The molecule has 1 unspecified atom stereocenters. The van der Waals surface area contributed by atoms with E-state index in [4.69, 9.17) is 10.2 Å². The van der Waals surface area contributed by atoms with Crippen molar-refractivity contribution in [3.63, 3.8) is 0 Å². The summed E-state index contributed by atoms with van der Waals surface area (Å²) in [6, 6.07) is 8.41. The molecule has 1 aromatic heterocycles. The Balaban J connectivity index is 2.26. The first-order valence-corrected chi connectivity index (χ1v) is 7.36. The van der Waals surface area contributed by atoms with E-state index >= 15 is 0 Å². The molecule has 5 heteroatoms. The molecule has 0 aliphatic carbocycles. The van der Waals surface area contributed by atoms with Gasteiger partial charge in [0, 0.05) is 17.1 Å². The summed E-state index contributed by atoms with van der Waals surface area (Å²) >= 11 is 3.47. The Morgan fingerprint density at radius 1 is 1.40 bits per heavy atom. The zero-order valence-electron chi connectivity index (χ0n) is 11.4. The van der Waals surface area contributed by atoms with E-state index in [9.17, 15) is 4.39 Å². The van der Waals surface area contributed by atoms with E-state index in [0.29, 0.717) is 13.1 Å². The van der Waals surface area contributed by atoms with Crippen LogP contribution in [0.1, 0.15) is 24.3 Å². The number of nitrogens with two attached hydrogens (primary N) is 1. The second kappa shape index (κ2) is 7.02. The summed E-state index contributed by atoms with van der Waals surface area (Å²) in [6.07, 6.45) is 1.65. The lowest BCUT2D eigenvalue weighted by Gasteiger charge is -2.30. The molecular formula is C15H18BrFN2O. The second-order valence-electron chi connectivity index (χ2n) is 4.56. The Bertz CT molecular complexity index is 545. The average molecular weight is 341 g/mol. The predicted octanol–water partition coefficient (Wildman–Crippen LogP) is 3.70. The average Bonchev–Trinajstić information content (AvgIpc) is 2.95. The summed E-state index contributed by atoms with van der Waals surface area (Å²) in [5.74, 6) is 0.619. The number of nitrogens with zero attached hydrogens (tertiary/aromatic N) is 1. The van der Waals surface area contributed by atoms with Crippen LogP contribution in [0.25, 0.3) is 0 Å². The SMILES string of the molecule is CCN(Cc1ccco1)C(CN)c1cc(F)ccc1Br. The summed E-state index contributed by atoms with van der Waals surface area (Å²) in [5.41, 5.74) is 6.78. The van der Waals surface area contributed by atoms with Crippen molar-refractivity contribution in [2.75, 3.05) is 13.1 Å². The van der Waals surface area contributed by atoms with Gasteiger partial charge in [0.1, 0.15) is 11.6 Å². The minimum absolute atomic E-state index is 0.0600. The highest BCUT2D eigenvalue weighted by molar-refractivity contribution is 9.10. The van der Waals surface area contributed by atoms with Gasteiger partial charge in [0.25, 0.3) is 0 Å². The molecule has 0 amide bonds. The maximum absolute atomic E-state index is 13.5. The van der Waals surface area contributed by atoms with Gasteiger partial charge in [-0.3, -0.25) is 4.90 Å². The molecule has 3 nitrogen and oxygen atoms in total. The van der Waals surface area contributed by atoms with E-state index in [2.05, 4.69) is 27.8 Å². The first-order chi connectivity index (χ1) is 9.65. The van der Waals surface area contributed by atoms with Crippen molar-refractivity contribution in [2.24, 2.45) is 5.73 Å². The van der Waals surface area contributed by atoms with Crippen molar-refractivity contribution in [2.45, 2.75) is 19.5 Å². The molecule has 0 aliphatic heterocycles. The molecule has 0 spiro atoms. The van der Waals surface area contributed by atoms with Gasteiger partial charge >= 0.3 is 0 Å². The molecular weight excluding hydrogens is 323 g/mol. The van der Waals surface area contributed by atoms with Crippen molar-refractivity contribution < 1.29 is 8.81 Å². The molecule has 2 N–H and O–H groups in total. The van der Waals surface area contributed by atoms with Crippen molar-refractivity contribution in [1.29, 1.82) is 0 Å². The van der Waals surface area contributed by atoms with Gasteiger partial charge < -0.3 is 10.2 Å². The van der Waals surface area contributed by atoms with Gasteiger partial charge in [-0.25, -0.2) is 4.39 Å². The summed E-state index contributed by atoms with van der Waals surface area (Å²) in [5, 5.41) is 0. The molecule has 0 saturated carbocycles. The third kappa shape index (κ3) is 3.48. The minimum atomic E-state index is -0.254. The molecule has 1 heterocycles. The first-order valence-electron chi connectivity index (χ1n) is 6.57. The van der Waals surface area contributed by atoms with Gasteiger partial charge in [0.05, 0.1) is 12.8 Å². The molecule has 108 valence electrons. The summed E-state index contributed by atoms with van der Waals surface area (Å²) in [6.45, 7) is 3.91. The molecule has 2 aromatic rings. The van der Waals surface area contributed by atoms with Gasteiger partial charge in [0.2, 0.25) is 0 Å². The maximum Gasteiger partial charge on any atom is 0.123 e. The van der Waals surface area contributed by atoms with Crippen molar-refractivity contribution in [1.82, 2.24) is 4.90 Å². The predicted molar refractivity (Wildman–Crippen MR) is 80.7 cm³/mol. The van der Waals surface area contributed by atoms with Crippen molar-refractivity contribution in [3.8, 4) is 0 Å². The number of hydrogen-bond donors (Lipinski definition) is 1. The highest BCUT2D eigenvalue weighted by Gasteiger charge is 2.21. The highest BCUT2D eigenvalue weighted by Crippen LogP contribution is 2.29. The van der Waals surface area contributed by atoms with E-state index in [0.717, 1.165) is 22.3 Å². The van der Waals surface area contributed by atoms with E-state index < -0.39 is 0 Å². The number of benzene rings is 1. The molecule has 0 bridgehead atoms. The van der Waals surface area contributed by atoms with Crippen LogP contribution in [0.4, 0.5) is 4.39 Å². The van der Waals surface area contributed by atoms with Gasteiger partial charge in [-0.2, -0.15) is 0 Å². The maximum atomic E-state index is 13.5. The summed E-state index contributed by atoms with van der Waals surface area (Å²) < 4.78 is 19.7. The topological polar surface area (TPSA) is 42.4 Å². The fraction of sp³-hybridized carbons (Fsp3) is 0.333. The standard InChI is InChI=1S/C15H18BrFN2O/c1-2-19(10-12-4-3-7-20-12)15(9-18)13-8-11(17)5-6-14(13)16/h3-8,15H,2,9-10,18H2,1H3. The van der Waals surface area contributed by atoms with Crippen molar-refractivity contribution in [3.05, 3.63) is 58.2 Å². The number of hydrogen-bond acceptors (Lipinski definition) is 3. The lowest BCUT2D eigenvalue weighted by Crippen LogP contribution is -2.33. The molecule has 0 radical (unpaired) electrons. The van der Waals surface area contributed by atoms with Gasteiger partial charge in [-0.05, 0) is 42.4 Å². The summed E-state index contributed by atoms with van der Waals surface area (Å²) in [7, 11) is 0. The fourth-order valence-electron chi connectivity index (χ4n) is 2.29. The summed E-state index contributed by atoms with van der Waals surface area (Å²) in [4.78, 5) is 2.17. The monoisotopic (exact) mass is 340 g/mol. The van der Waals surface area contributed by atoms with E-state index in [-0.39, 0.29) is 11.9 Å². The van der Waals surface area contributed by atoms with Crippen LogP contribution in [0.5, 0.6) is 0 Å². The third-order valence-electron chi connectivity index (χ3n) is 3.33. The normalized spacial score (nSPS) is 12.8. The van der Waals surface area contributed by atoms with Crippen LogP contribution in [-0.4, -0.2) is 18.0 Å². The van der Waals surface area contributed by atoms with Crippen LogP contribution in [0.15, 0.2) is 45.5 Å². The zero-order chi connectivity index (χ0) is 14.5. The molecule has 1 atom stereocenters. The van der Waals surface area contributed by atoms with E-state index in [1.165, 1.54) is 12.1 Å². The highest BCUT2D eigenvalue weighted by atomic mass is 79.9. The number of halogens is 2. The quantitative estimate of drug-likeness (QED) is 0.871. The number of rotatable bonds is 6. The fourth-order valence-corrected chi connectivity index (χ4v) is 2.80. The molecule has 0 aliphatic rings. The molecule has 2 rings (SSSR count). The van der Waals surface area contributed by atoms with Gasteiger partial charge in [-0.15, -0.1) is 0 Å². The minimum Gasteiger partial charge on any atom is -0.468 e. The van der Waals surface area contributed by atoms with Gasteiger partial charge in [-0.1, -0.05) is 22.9 Å². The van der Waals surface area contributed by atoms with E-state index in [1.807, 2.05) is 12.1 Å². The molecule has 20 heavy (non-hydrogen) atoms. The Labute approximate surface area is 126 Å². The number of furan rings is 1. The van der Waals surface area contributed by atoms with Crippen LogP contribution < -0.4 is 5.73 Å². The largest absolute Gasteiger partial charge is 0.468 e. The van der Waals surface area contributed by atoms with Crippen LogP contribution >= 0.6 is 15.9 Å². The lowest BCUT2D eigenvalue weighted by atomic mass is 10.0. The zero-order valence-corrected chi connectivity index (χ0v) is 12.9. The van der Waals surface area contributed by atoms with Crippen molar-refractivity contribution >= 4 is 15.9 Å². The van der Waals surface area contributed by atoms with Crippen LogP contribution in [-0.2, 0) is 6.54 Å². The van der Waals surface area contributed by atoms with Crippen LogP contribution in [0.2, 0.25) is 0 Å². The van der Waals surface area contributed by atoms with Crippen LogP contribution in [0.3, 0.4) is 0 Å². The van der Waals surface area contributed by atoms with Crippen LogP contribution in [0, 0.1) is 5.82 Å². The van der Waals surface area contributed by atoms with E-state index in [1.54, 1.807) is 12.3 Å². The first kappa shape index (κ1) is 15.2. The third-order valence-corrected chi connectivity index (χ3v) is 4.05. The Kier molecular flexibility index (Phi) is 5.34. The molecule has 1 aromatic carbocycles. The molecule has 0 saturated heterocycles. The second-order valence-corrected chi connectivity index (χ2v) is 5.41. The Morgan fingerprint density at radius 3 is 2.80 bits per heavy atom. The number of likely N-dealkylation sites (N-methyl/N-ethyl adjacent to an activating group) is 1. The van der Waals surface area contributed by atoms with Gasteiger partial charge in [0.15, 0.2) is 0 Å². The molecule has 0 fully saturated rings. The Morgan fingerprint density at radius 2 is 2.20 bits per heavy atom.